The first-order chi connectivity index (χ1) is 9.15. The van der Waals surface area contributed by atoms with Crippen LogP contribution in [0.3, 0.4) is 0 Å². The van der Waals surface area contributed by atoms with E-state index in [2.05, 4.69) is 16.9 Å². The molecule has 0 aromatic heterocycles. The molecule has 1 rings (SSSR count). The minimum absolute atomic E-state index is 0.225. The summed E-state index contributed by atoms with van der Waals surface area (Å²) < 4.78 is 0. The highest BCUT2D eigenvalue weighted by Gasteiger charge is 2.31. The van der Waals surface area contributed by atoms with Gasteiger partial charge in [-0.25, -0.2) is 4.79 Å². The first-order valence-corrected chi connectivity index (χ1v) is 8.30. The van der Waals surface area contributed by atoms with E-state index in [1.807, 2.05) is 0 Å². The molecule has 1 fully saturated rings. The fourth-order valence-corrected chi connectivity index (χ4v) is 2.88. The van der Waals surface area contributed by atoms with Gasteiger partial charge in [0.25, 0.3) is 0 Å². The van der Waals surface area contributed by atoms with Crippen LogP contribution in [0.15, 0.2) is 0 Å². The van der Waals surface area contributed by atoms with Gasteiger partial charge in [0.15, 0.2) is 0 Å². The van der Waals surface area contributed by atoms with E-state index in [0.717, 1.165) is 37.9 Å². The van der Waals surface area contributed by atoms with Crippen molar-refractivity contribution in [2.24, 2.45) is 5.92 Å². The fraction of sp³-hybridized carbons (Fsp3) is 0.846. The maximum absolute atomic E-state index is 11.7. The molecule has 5 nitrogen and oxygen atoms in total. The second kappa shape index (κ2) is 9.07. The largest absolute Gasteiger partial charge is 0.481 e. The van der Waals surface area contributed by atoms with Crippen LogP contribution in [0.2, 0.25) is 0 Å². The molecule has 2 unspecified atom stereocenters. The number of carboxylic acid groups (broad SMARTS) is 1. The lowest BCUT2D eigenvalue weighted by molar-refractivity contribution is -0.143. The summed E-state index contributed by atoms with van der Waals surface area (Å²) in [7, 11) is 0. The molecule has 0 aliphatic heterocycles. The lowest BCUT2D eigenvalue weighted by Crippen LogP contribution is -2.49. The Labute approximate surface area is 118 Å². The Kier molecular flexibility index (Phi) is 7.70. The summed E-state index contributed by atoms with van der Waals surface area (Å²) in [5.74, 6) is -0.131. The summed E-state index contributed by atoms with van der Waals surface area (Å²) in [5, 5.41) is 14.7. The van der Waals surface area contributed by atoms with E-state index in [-0.39, 0.29) is 12.1 Å². The van der Waals surface area contributed by atoms with E-state index in [4.69, 9.17) is 5.11 Å². The highest BCUT2D eigenvalue weighted by atomic mass is 32.2. The van der Waals surface area contributed by atoms with Gasteiger partial charge in [-0.2, -0.15) is 11.8 Å². The van der Waals surface area contributed by atoms with Crippen LogP contribution in [0.25, 0.3) is 0 Å². The van der Waals surface area contributed by atoms with Crippen molar-refractivity contribution in [1.29, 1.82) is 0 Å². The van der Waals surface area contributed by atoms with Crippen LogP contribution >= 0.6 is 11.8 Å². The van der Waals surface area contributed by atoms with Gasteiger partial charge in [0.05, 0.1) is 5.92 Å². The van der Waals surface area contributed by atoms with E-state index in [9.17, 15) is 9.59 Å². The Morgan fingerprint density at radius 1 is 1.26 bits per heavy atom. The lowest BCUT2D eigenvalue weighted by Gasteiger charge is -2.29. The zero-order valence-corrected chi connectivity index (χ0v) is 12.3. The smallest absolute Gasteiger partial charge is 0.315 e. The van der Waals surface area contributed by atoms with Crippen molar-refractivity contribution in [2.75, 3.05) is 18.6 Å². The van der Waals surface area contributed by atoms with Crippen molar-refractivity contribution in [2.45, 2.75) is 44.6 Å². The van der Waals surface area contributed by atoms with Gasteiger partial charge in [-0.05, 0) is 37.7 Å². The molecular weight excluding hydrogens is 264 g/mol. The summed E-state index contributed by atoms with van der Waals surface area (Å²) in [6.07, 6.45) is 7.46. The standard InChI is InChI=1S/C13H24N2O3S/c1-19-9-5-4-8-14-13(18)15-11-7-3-2-6-10(11)12(16)17/h10-11H,2-9H2,1H3,(H,16,17)(H2,14,15,18). The third-order valence-corrected chi connectivity index (χ3v) is 4.16. The van der Waals surface area contributed by atoms with E-state index in [0.29, 0.717) is 13.0 Å². The number of thioether (sulfide) groups is 1. The normalized spacial score (nSPS) is 22.8. The van der Waals surface area contributed by atoms with Gasteiger partial charge >= 0.3 is 12.0 Å². The zero-order chi connectivity index (χ0) is 14.1. The van der Waals surface area contributed by atoms with Crippen molar-refractivity contribution in [3.05, 3.63) is 0 Å². The maximum atomic E-state index is 11.7. The summed E-state index contributed by atoms with van der Waals surface area (Å²) in [5.41, 5.74) is 0. The molecule has 3 N–H and O–H groups in total. The molecule has 110 valence electrons. The molecule has 0 saturated heterocycles. The van der Waals surface area contributed by atoms with E-state index in [1.54, 1.807) is 11.8 Å². The molecule has 6 heteroatoms. The molecule has 2 atom stereocenters. The van der Waals surface area contributed by atoms with Gasteiger partial charge in [-0.15, -0.1) is 0 Å². The minimum atomic E-state index is -0.801. The number of aliphatic carboxylic acids is 1. The van der Waals surface area contributed by atoms with Crippen molar-refractivity contribution < 1.29 is 14.7 Å². The Morgan fingerprint density at radius 3 is 2.68 bits per heavy atom. The number of urea groups is 1. The Balaban J connectivity index is 2.24. The highest BCUT2D eigenvalue weighted by Crippen LogP contribution is 2.24. The van der Waals surface area contributed by atoms with Crippen LogP contribution in [0.1, 0.15) is 38.5 Å². The van der Waals surface area contributed by atoms with Crippen molar-refractivity contribution in [3.63, 3.8) is 0 Å². The molecule has 2 amide bonds. The van der Waals surface area contributed by atoms with Crippen LogP contribution in [0, 0.1) is 5.92 Å². The van der Waals surface area contributed by atoms with Crippen LogP contribution in [-0.2, 0) is 4.79 Å². The summed E-state index contributed by atoms with van der Waals surface area (Å²) in [6, 6.07) is -0.459. The summed E-state index contributed by atoms with van der Waals surface area (Å²) >= 11 is 1.80. The summed E-state index contributed by atoms with van der Waals surface area (Å²) in [4.78, 5) is 22.8. The molecule has 1 aliphatic rings. The average molecular weight is 288 g/mol. The van der Waals surface area contributed by atoms with Gasteiger partial charge in [0.2, 0.25) is 0 Å². The third kappa shape index (κ3) is 6.18. The number of carbonyl (C=O) groups is 2. The zero-order valence-electron chi connectivity index (χ0n) is 11.5. The van der Waals surface area contributed by atoms with Crippen LogP contribution in [0.4, 0.5) is 4.79 Å². The molecule has 1 aliphatic carbocycles. The Morgan fingerprint density at radius 2 is 2.00 bits per heavy atom. The first-order valence-electron chi connectivity index (χ1n) is 6.91. The van der Waals surface area contributed by atoms with Crippen molar-refractivity contribution in [1.82, 2.24) is 10.6 Å². The number of carbonyl (C=O) groups excluding carboxylic acids is 1. The van der Waals surface area contributed by atoms with Gasteiger partial charge in [-0.3, -0.25) is 4.79 Å². The van der Waals surface area contributed by atoms with Gasteiger partial charge in [-0.1, -0.05) is 12.8 Å². The van der Waals surface area contributed by atoms with E-state index < -0.39 is 11.9 Å². The fourth-order valence-electron chi connectivity index (χ4n) is 2.39. The first kappa shape index (κ1) is 16.1. The van der Waals surface area contributed by atoms with Crippen LogP contribution < -0.4 is 10.6 Å². The monoisotopic (exact) mass is 288 g/mol. The second-order valence-corrected chi connectivity index (χ2v) is 5.92. The molecule has 0 bridgehead atoms. The predicted molar refractivity (Wildman–Crippen MR) is 77.5 cm³/mol. The Hall–Kier alpha value is -0.910. The van der Waals surface area contributed by atoms with Crippen LogP contribution in [-0.4, -0.2) is 41.7 Å². The van der Waals surface area contributed by atoms with Gasteiger partial charge in [0, 0.05) is 12.6 Å². The second-order valence-electron chi connectivity index (χ2n) is 4.94. The third-order valence-electron chi connectivity index (χ3n) is 3.46. The van der Waals surface area contributed by atoms with E-state index in [1.165, 1.54) is 0 Å². The van der Waals surface area contributed by atoms with Crippen LogP contribution in [0.5, 0.6) is 0 Å². The lowest BCUT2D eigenvalue weighted by atomic mass is 9.84. The Bertz CT molecular complexity index is 300. The molecule has 19 heavy (non-hydrogen) atoms. The number of rotatable bonds is 7. The molecule has 0 aromatic carbocycles. The van der Waals surface area contributed by atoms with Gasteiger partial charge in [0.1, 0.15) is 0 Å². The number of nitrogens with one attached hydrogen (secondary N) is 2. The van der Waals surface area contributed by atoms with Crippen molar-refractivity contribution in [3.8, 4) is 0 Å². The number of carboxylic acids is 1. The molecule has 0 aromatic rings. The quantitative estimate of drug-likeness (QED) is 0.627. The molecule has 0 heterocycles. The molecular formula is C13H24N2O3S. The number of amides is 2. The molecule has 1 saturated carbocycles. The molecule has 0 radical (unpaired) electrons. The van der Waals surface area contributed by atoms with Crippen molar-refractivity contribution >= 4 is 23.8 Å². The highest BCUT2D eigenvalue weighted by molar-refractivity contribution is 7.98. The predicted octanol–water partition coefficient (Wildman–Crippen LogP) is 2.07. The van der Waals surface area contributed by atoms with Gasteiger partial charge < -0.3 is 15.7 Å². The SMILES string of the molecule is CSCCCCNC(=O)NC1CCCCC1C(=O)O. The number of hydrogen-bond acceptors (Lipinski definition) is 3. The van der Waals surface area contributed by atoms with E-state index >= 15 is 0 Å². The minimum Gasteiger partial charge on any atom is -0.481 e. The number of unbranched alkanes of at least 4 members (excludes halogenated alkanes) is 1. The molecule has 0 spiro atoms. The maximum Gasteiger partial charge on any atom is 0.315 e. The summed E-state index contributed by atoms with van der Waals surface area (Å²) in [6.45, 7) is 0.650. The topological polar surface area (TPSA) is 78.4 Å². The number of hydrogen-bond donors (Lipinski definition) is 3. The average Bonchev–Trinajstić information content (AvgIpc) is 2.39.